The van der Waals surface area contributed by atoms with Crippen molar-refractivity contribution in [2.75, 3.05) is 13.7 Å². The van der Waals surface area contributed by atoms with Crippen LogP contribution in [0.2, 0.25) is 0 Å². The maximum absolute atomic E-state index is 12.5. The van der Waals surface area contributed by atoms with Crippen LogP contribution in [0, 0.1) is 0 Å². The van der Waals surface area contributed by atoms with Gasteiger partial charge in [0, 0.05) is 38.2 Å². The van der Waals surface area contributed by atoms with E-state index in [0.29, 0.717) is 0 Å². The Bertz CT molecular complexity index is 752. The molecule has 1 N–H and O–H groups in total. The highest BCUT2D eigenvalue weighted by atomic mass is 16.6. The van der Waals surface area contributed by atoms with Gasteiger partial charge in [0.25, 0.3) is 0 Å². The number of hydrogen-bond donors (Lipinski definition) is 1. The van der Waals surface area contributed by atoms with Crippen molar-refractivity contribution >= 4 is 22.8 Å². The van der Waals surface area contributed by atoms with Gasteiger partial charge in [0.15, 0.2) is 0 Å². The Labute approximate surface area is 134 Å². The molecule has 0 radical (unpaired) electrons. The summed E-state index contributed by atoms with van der Waals surface area (Å²) in [4.78, 5) is 24.0. The fourth-order valence-corrected chi connectivity index (χ4v) is 3.31. The van der Waals surface area contributed by atoms with Crippen LogP contribution in [-0.4, -0.2) is 42.3 Å². The monoisotopic (exact) mass is 316 g/mol. The summed E-state index contributed by atoms with van der Waals surface area (Å²) in [5.41, 5.74) is 1.90. The van der Waals surface area contributed by atoms with Crippen LogP contribution in [0.1, 0.15) is 18.4 Å². The molecule has 6 nitrogen and oxygen atoms in total. The van der Waals surface area contributed by atoms with Gasteiger partial charge < -0.3 is 19.4 Å². The third-order valence-electron chi connectivity index (χ3n) is 4.24. The molecule has 0 unspecified atom stereocenters. The number of aryl methyl sites for hydroxylation is 1. The van der Waals surface area contributed by atoms with E-state index >= 15 is 0 Å². The van der Waals surface area contributed by atoms with E-state index in [9.17, 15) is 9.59 Å². The van der Waals surface area contributed by atoms with Crippen LogP contribution >= 0.6 is 0 Å². The van der Waals surface area contributed by atoms with Gasteiger partial charge in [-0.1, -0.05) is 18.2 Å². The molecule has 0 saturated carbocycles. The number of carbonyl (C=O) groups excluding carboxylic acids is 2. The van der Waals surface area contributed by atoms with Gasteiger partial charge in [-0.3, -0.25) is 9.59 Å². The second-order valence-electron chi connectivity index (χ2n) is 5.85. The SMILES string of the molecule is COC[C@H]1OC(=O)[C@@H](c2cn(C)c3ccccc23)[C@@H]1NC(C)=O. The Hall–Kier alpha value is -2.34. The van der Waals surface area contributed by atoms with Crippen molar-refractivity contribution in [3.05, 3.63) is 36.0 Å². The van der Waals surface area contributed by atoms with Gasteiger partial charge in [0.05, 0.1) is 12.6 Å². The lowest BCUT2D eigenvalue weighted by Crippen LogP contribution is -2.44. The zero-order valence-electron chi connectivity index (χ0n) is 13.4. The first kappa shape index (κ1) is 15.6. The predicted octanol–water partition coefficient (Wildman–Crippen LogP) is 1.34. The summed E-state index contributed by atoms with van der Waals surface area (Å²) in [5.74, 6) is -1.06. The van der Waals surface area contributed by atoms with Gasteiger partial charge >= 0.3 is 5.97 Å². The second kappa shape index (κ2) is 6.04. The van der Waals surface area contributed by atoms with Crippen molar-refractivity contribution in [2.45, 2.75) is 25.0 Å². The number of hydrogen-bond acceptors (Lipinski definition) is 4. The molecule has 0 bridgehead atoms. The number of nitrogens with one attached hydrogen (secondary N) is 1. The number of benzene rings is 1. The van der Waals surface area contributed by atoms with Gasteiger partial charge in [-0.15, -0.1) is 0 Å². The lowest BCUT2D eigenvalue weighted by Gasteiger charge is -2.21. The number of nitrogens with zero attached hydrogens (tertiary/aromatic N) is 1. The number of para-hydroxylation sites is 1. The van der Waals surface area contributed by atoms with Crippen molar-refractivity contribution < 1.29 is 19.1 Å². The summed E-state index contributed by atoms with van der Waals surface area (Å²) in [5, 5.41) is 3.85. The molecule has 1 aliphatic rings. The zero-order chi connectivity index (χ0) is 16.6. The van der Waals surface area contributed by atoms with E-state index < -0.39 is 18.1 Å². The second-order valence-corrected chi connectivity index (χ2v) is 5.85. The highest BCUT2D eigenvalue weighted by Gasteiger charge is 2.47. The van der Waals surface area contributed by atoms with Crippen LogP contribution in [0.3, 0.4) is 0 Å². The van der Waals surface area contributed by atoms with Gasteiger partial charge in [0.1, 0.15) is 12.0 Å². The van der Waals surface area contributed by atoms with Crippen molar-refractivity contribution in [2.24, 2.45) is 7.05 Å². The Kier molecular flexibility index (Phi) is 4.09. The van der Waals surface area contributed by atoms with Crippen molar-refractivity contribution in [1.82, 2.24) is 9.88 Å². The van der Waals surface area contributed by atoms with Crippen LogP contribution in [0.15, 0.2) is 30.5 Å². The number of cyclic esters (lactones) is 1. The quantitative estimate of drug-likeness (QED) is 0.864. The summed E-state index contributed by atoms with van der Waals surface area (Å²) in [6.45, 7) is 1.69. The molecule has 6 heteroatoms. The number of aromatic nitrogens is 1. The molecule has 1 aromatic carbocycles. The van der Waals surface area contributed by atoms with Gasteiger partial charge in [-0.05, 0) is 11.6 Å². The minimum absolute atomic E-state index is 0.195. The van der Waals surface area contributed by atoms with Crippen LogP contribution in [0.25, 0.3) is 10.9 Å². The first-order valence-electron chi connectivity index (χ1n) is 7.53. The first-order valence-corrected chi connectivity index (χ1v) is 7.53. The van der Waals surface area contributed by atoms with E-state index in [0.717, 1.165) is 16.5 Å². The van der Waals surface area contributed by atoms with Crippen LogP contribution < -0.4 is 5.32 Å². The third kappa shape index (κ3) is 2.70. The molecular weight excluding hydrogens is 296 g/mol. The Morgan fingerprint density at radius 1 is 1.39 bits per heavy atom. The summed E-state index contributed by atoms with van der Waals surface area (Å²) in [6, 6.07) is 7.43. The summed E-state index contributed by atoms with van der Waals surface area (Å²) < 4.78 is 12.6. The molecule has 0 spiro atoms. The number of amides is 1. The number of ether oxygens (including phenoxy) is 2. The smallest absolute Gasteiger partial charge is 0.316 e. The Balaban J connectivity index is 2.07. The number of fused-ring (bicyclic) bond motifs is 1. The maximum atomic E-state index is 12.5. The van der Waals surface area contributed by atoms with Gasteiger partial charge in [-0.25, -0.2) is 0 Å². The topological polar surface area (TPSA) is 69.6 Å². The van der Waals surface area contributed by atoms with E-state index in [2.05, 4.69) is 5.32 Å². The molecule has 3 atom stereocenters. The molecule has 2 heterocycles. The number of carbonyl (C=O) groups is 2. The molecular formula is C17H20N2O4. The fourth-order valence-electron chi connectivity index (χ4n) is 3.31. The van der Waals surface area contributed by atoms with E-state index in [1.54, 1.807) is 7.11 Å². The molecule has 2 aromatic rings. The third-order valence-corrected chi connectivity index (χ3v) is 4.24. The molecule has 1 aliphatic heterocycles. The number of methoxy groups -OCH3 is 1. The zero-order valence-corrected chi connectivity index (χ0v) is 13.4. The van der Waals surface area contributed by atoms with Crippen molar-refractivity contribution in [3.63, 3.8) is 0 Å². The molecule has 1 aromatic heterocycles. The largest absolute Gasteiger partial charge is 0.457 e. The van der Waals surface area contributed by atoms with Crippen LogP contribution in [0.4, 0.5) is 0 Å². The lowest BCUT2D eigenvalue weighted by molar-refractivity contribution is -0.144. The highest BCUT2D eigenvalue weighted by molar-refractivity contribution is 5.92. The predicted molar refractivity (Wildman–Crippen MR) is 85.0 cm³/mol. The number of esters is 1. The maximum Gasteiger partial charge on any atom is 0.316 e. The summed E-state index contributed by atoms with van der Waals surface area (Å²) in [6.07, 6.45) is 1.45. The van der Waals surface area contributed by atoms with Gasteiger partial charge in [-0.2, -0.15) is 0 Å². The van der Waals surface area contributed by atoms with Crippen molar-refractivity contribution in [1.29, 1.82) is 0 Å². The van der Waals surface area contributed by atoms with E-state index in [1.165, 1.54) is 6.92 Å². The summed E-state index contributed by atoms with van der Waals surface area (Å²) in [7, 11) is 3.48. The average molecular weight is 316 g/mol. The van der Waals surface area contributed by atoms with E-state index in [-0.39, 0.29) is 18.5 Å². The summed E-state index contributed by atoms with van der Waals surface area (Å²) >= 11 is 0. The van der Waals surface area contributed by atoms with E-state index in [1.807, 2.05) is 42.1 Å². The van der Waals surface area contributed by atoms with Crippen LogP contribution in [0.5, 0.6) is 0 Å². The van der Waals surface area contributed by atoms with E-state index in [4.69, 9.17) is 9.47 Å². The molecule has 1 amide bonds. The molecule has 0 aliphatic carbocycles. The standard InChI is InChI=1S/C17H20N2O4/c1-10(20)18-16-14(9-22-3)23-17(21)15(16)12-8-19(2)13-7-5-4-6-11(12)13/h4-8,14-16H,9H2,1-3H3,(H,18,20)/t14-,15+,16-/m1/s1. The normalized spacial score (nSPS) is 24.0. The Morgan fingerprint density at radius 3 is 2.83 bits per heavy atom. The van der Waals surface area contributed by atoms with Gasteiger partial charge in [0.2, 0.25) is 5.91 Å². The molecule has 23 heavy (non-hydrogen) atoms. The van der Waals surface area contributed by atoms with Crippen molar-refractivity contribution in [3.8, 4) is 0 Å². The number of rotatable bonds is 4. The molecule has 1 saturated heterocycles. The molecule has 122 valence electrons. The molecule has 3 rings (SSSR count). The lowest BCUT2D eigenvalue weighted by atomic mass is 9.90. The van der Waals surface area contributed by atoms with Crippen LogP contribution in [-0.2, 0) is 26.1 Å². The molecule has 1 fully saturated rings. The average Bonchev–Trinajstić information content (AvgIpc) is 2.98. The minimum Gasteiger partial charge on any atom is -0.457 e. The first-order chi connectivity index (χ1) is 11.0. The Morgan fingerprint density at radius 2 is 2.13 bits per heavy atom. The minimum atomic E-state index is -0.537. The highest BCUT2D eigenvalue weighted by Crippen LogP contribution is 2.36. The fraction of sp³-hybridized carbons (Fsp3) is 0.412.